The first-order valence-electron chi connectivity index (χ1n) is 13.6. The van der Waals surface area contributed by atoms with Crippen LogP contribution in [0.5, 0.6) is 0 Å². The van der Waals surface area contributed by atoms with E-state index in [1.165, 1.54) is 6.33 Å². The largest absolute Gasteiger partial charge is 0.414 e. The number of anilines is 1. The average molecular weight is 594 g/mol. The number of ether oxygens (including phenoxy) is 1. The van der Waals surface area contributed by atoms with Crippen molar-refractivity contribution < 1.29 is 19.1 Å². The van der Waals surface area contributed by atoms with Crippen molar-refractivity contribution in [3.63, 3.8) is 0 Å². The van der Waals surface area contributed by atoms with E-state index in [0.29, 0.717) is 47.3 Å². The van der Waals surface area contributed by atoms with Gasteiger partial charge >= 0.3 is 0 Å². The molecule has 0 spiro atoms. The molecule has 4 heterocycles. The molecule has 11 heteroatoms. The number of carbonyl (C=O) groups excluding carboxylic acids is 1. The number of hydrogen-bond donors (Lipinski definition) is 2. The van der Waals surface area contributed by atoms with Crippen LogP contribution in [0, 0.1) is 0 Å². The maximum Gasteiger partial charge on any atom is 0.228 e. The first kappa shape index (κ1) is 29.3. The summed E-state index contributed by atoms with van der Waals surface area (Å²) >= 11 is 5.95. The van der Waals surface area contributed by atoms with Crippen LogP contribution in [0.1, 0.15) is 43.6 Å². The van der Waals surface area contributed by atoms with Gasteiger partial charge in [0.05, 0.1) is 38.1 Å². The Balaban J connectivity index is 1.40. The number of aromatic nitrogens is 4. The Hall–Kier alpha value is -3.15. The quantitative estimate of drug-likeness (QED) is 0.247. The molecule has 5 rings (SSSR count). The van der Waals surface area contributed by atoms with Crippen molar-refractivity contribution >= 4 is 42.5 Å². The third kappa shape index (κ3) is 6.07. The zero-order chi connectivity index (χ0) is 29.4. The van der Waals surface area contributed by atoms with Crippen LogP contribution in [0.25, 0.3) is 11.0 Å². The van der Waals surface area contributed by atoms with Gasteiger partial charge in [0.25, 0.3) is 0 Å². The fourth-order valence-corrected chi connectivity index (χ4v) is 5.77. The van der Waals surface area contributed by atoms with Crippen LogP contribution < -0.4 is 5.32 Å². The molecule has 1 atom stereocenters. The number of aliphatic hydroxyl groups is 1. The third-order valence-electron chi connectivity index (χ3n) is 8.19. The van der Waals surface area contributed by atoms with E-state index in [1.807, 2.05) is 18.3 Å². The van der Waals surface area contributed by atoms with E-state index in [0.717, 1.165) is 10.9 Å². The Morgan fingerprint density at radius 3 is 2.59 bits per heavy atom. The molecule has 41 heavy (non-hydrogen) atoms. The molecule has 1 aliphatic rings. The van der Waals surface area contributed by atoms with E-state index in [9.17, 15) is 9.90 Å². The molecular formula is C30H36ClN5O4Si. The molecule has 4 aromatic rings. The van der Waals surface area contributed by atoms with Gasteiger partial charge in [0, 0.05) is 40.1 Å². The molecular weight excluding hydrogens is 558 g/mol. The van der Waals surface area contributed by atoms with Gasteiger partial charge in [-0.2, -0.15) is 0 Å². The number of fused-ring (bicyclic) bond motifs is 1. The summed E-state index contributed by atoms with van der Waals surface area (Å²) in [5.41, 5.74) is 2.79. The number of aliphatic hydroxyl groups excluding tert-OH is 1. The zero-order valence-electron chi connectivity index (χ0n) is 24.0. The second kappa shape index (κ2) is 11.3. The number of rotatable bonds is 9. The first-order chi connectivity index (χ1) is 19.4. The summed E-state index contributed by atoms with van der Waals surface area (Å²) in [5.74, 6) is -0.195. The SMILES string of the molecule is CC(C)(C)[Si](C)(C)OCC1(n2cc(C(O)c3cncc(NC(=O)Cc4ccc(Cl)cc4)c3)c3cncnc32)COC1. The Bertz CT molecular complexity index is 1550. The molecule has 0 aliphatic carbocycles. The standard InChI is InChI=1S/C30H36ClN5O4Si/c1-29(2,3)41(4,5)40-18-30(16-39-17-30)36-15-25(24-14-33-19-34-28(24)36)27(38)21-11-23(13-32-12-21)35-26(37)10-20-6-8-22(31)9-7-20/h6-9,11-15,19,27,38H,10,16-18H2,1-5H3,(H,35,37). The second-order valence-corrected chi connectivity index (χ2v) is 17.5. The van der Waals surface area contributed by atoms with E-state index in [1.54, 1.807) is 36.8 Å². The minimum Gasteiger partial charge on any atom is -0.414 e. The summed E-state index contributed by atoms with van der Waals surface area (Å²) in [6.45, 7) is 12.6. The van der Waals surface area contributed by atoms with Crippen molar-refractivity contribution in [2.45, 2.75) is 57.0 Å². The van der Waals surface area contributed by atoms with Crippen LogP contribution in [0.3, 0.4) is 0 Å². The maximum absolute atomic E-state index is 12.7. The second-order valence-electron chi connectivity index (χ2n) is 12.2. The predicted molar refractivity (Wildman–Crippen MR) is 162 cm³/mol. The third-order valence-corrected chi connectivity index (χ3v) is 12.9. The number of carbonyl (C=O) groups is 1. The van der Waals surface area contributed by atoms with Gasteiger partial charge in [-0.05, 0) is 41.9 Å². The van der Waals surface area contributed by atoms with Crippen molar-refractivity contribution in [2.24, 2.45) is 0 Å². The fourth-order valence-electron chi connectivity index (χ4n) is 4.58. The molecule has 0 radical (unpaired) electrons. The Morgan fingerprint density at radius 1 is 1.20 bits per heavy atom. The van der Waals surface area contributed by atoms with Crippen LogP contribution >= 0.6 is 11.6 Å². The van der Waals surface area contributed by atoms with Gasteiger partial charge in [0.15, 0.2) is 8.32 Å². The lowest BCUT2D eigenvalue weighted by Crippen LogP contribution is -2.57. The molecule has 0 saturated carbocycles. The number of nitrogens with zero attached hydrogens (tertiary/aromatic N) is 4. The summed E-state index contributed by atoms with van der Waals surface area (Å²) < 4.78 is 14.4. The van der Waals surface area contributed by atoms with Crippen LogP contribution in [0.4, 0.5) is 5.69 Å². The van der Waals surface area contributed by atoms with Crippen molar-refractivity contribution in [2.75, 3.05) is 25.1 Å². The van der Waals surface area contributed by atoms with Gasteiger partial charge in [-0.3, -0.25) is 9.78 Å². The molecule has 1 unspecified atom stereocenters. The van der Waals surface area contributed by atoms with Gasteiger partial charge in [-0.1, -0.05) is 44.5 Å². The highest BCUT2D eigenvalue weighted by Gasteiger charge is 2.46. The summed E-state index contributed by atoms with van der Waals surface area (Å²) in [6, 6.07) is 8.86. The van der Waals surface area contributed by atoms with Crippen LogP contribution in [-0.2, 0) is 25.9 Å². The number of pyridine rings is 1. The lowest BCUT2D eigenvalue weighted by Gasteiger charge is -2.46. The average Bonchev–Trinajstić information content (AvgIpc) is 3.28. The monoisotopic (exact) mass is 593 g/mol. The van der Waals surface area contributed by atoms with Crippen molar-refractivity contribution in [3.05, 3.63) is 83.2 Å². The smallest absolute Gasteiger partial charge is 0.228 e. The number of nitrogens with one attached hydrogen (secondary N) is 1. The molecule has 1 aliphatic heterocycles. The van der Waals surface area contributed by atoms with E-state index in [-0.39, 0.29) is 17.4 Å². The number of hydrogen-bond acceptors (Lipinski definition) is 7. The Morgan fingerprint density at radius 2 is 1.93 bits per heavy atom. The molecule has 1 saturated heterocycles. The minimum absolute atomic E-state index is 0.0727. The summed E-state index contributed by atoms with van der Waals surface area (Å²) in [5, 5.41) is 15.9. The first-order valence-corrected chi connectivity index (χ1v) is 16.9. The van der Waals surface area contributed by atoms with Crippen molar-refractivity contribution in [1.82, 2.24) is 19.5 Å². The predicted octanol–water partition coefficient (Wildman–Crippen LogP) is 5.49. The van der Waals surface area contributed by atoms with Crippen molar-refractivity contribution in [3.8, 4) is 0 Å². The molecule has 3 aromatic heterocycles. The van der Waals surface area contributed by atoms with Gasteiger partial charge in [-0.15, -0.1) is 0 Å². The normalized spacial score (nSPS) is 15.9. The lowest BCUT2D eigenvalue weighted by molar-refractivity contribution is -0.119. The minimum atomic E-state index is -2.01. The summed E-state index contributed by atoms with van der Waals surface area (Å²) in [6.07, 6.45) is 7.46. The highest BCUT2D eigenvalue weighted by molar-refractivity contribution is 6.74. The van der Waals surface area contributed by atoms with Gasteiger partial charge in [0.2, 0.25) is 5.91 Å². The maximum atomic E-state index is 12.7. The molecule has 1 amide bonds. The highest BCUT2D eigenvalue weighted by atomic mass is 35.5. The molecule has 1 fully saturated rings. The number of halogens is 1. The van der Waals surface area contributed by atoms with E-state index in [2.05, 4.69) is 58.7 Å². The topological polar surface area (TPSA) is 111 Å². The fraction of sp³-hybridized carbons (Fsp3) is 0.400. The van der Waals surface area contributed by atoms with Gasteiger partial charge in [-0.25, -0.2) is 9.97 Å². The van der Waals surface area contributed by atoms with Gasteiger partial charge < -0.3 is 24.2 Å². The molecule has 0 bridgehead atoms. The van der Waals surface area contributed by atoms with Crippen LogP contribution in [-0.4, -0.2) is 58.7 Å². The highest BCUT2D eigenvalue weighted by Crippen LogP contribution is 2.40. The zero-order valence-corrected chi connectivity index (χ0v) is 25.8. The molecule has 2 N–H and O–H groups in total. The van der Waals surface area contributed by atoms with Crippen LogP contribution in [0.15, 0.2) is 61.4 Å². The van der Waals surface area contributed by atoms with Crippen molar-refractivity contribution in [1.29, 1.82) is 0 Å². The van der Waals surface area contributed by atoms with E-state index in [4.69, 9.17) is 20.8 Å². The number of benzene rings is 1. The van der Waals surface area contributed by atoms with Crippen LogP contribution in [0.2, 0.25) is 23.2 Å². The molecule has 1 aromatic carbocycles. The number of amides is 1. The van der Waals surface area contributed by atoms with E-state index >= 15 is 0 Å². The summed E-state index contributed by atoms with van der Waals surface area (Å²) in [4.78, 5) is 25.8. The molecule has 9 nitrogen and oxygen atoms in total. The van der Waals surface area contributed by atoms with Gasteiger partial charge in [0.1, 0.15) is 23.6 Å². The molecule has 216 valence electrons. The summed E-state index contributed by atoms with van der Waals surface area (Å²) in [7, 11) is -2.01. The Labute approximate surface area is 246 Å². The Kier molecular flexibility index (Phi) is 8.06. The van der Waals surface area contributed by atoms with E-state index < -0.39 is 20.0 Å². The lowest BCUT2D eigenvalue weighted by atomic mass is 9.98.